The molecular formula is C18H28N4O2. The van der Waals surface area contributed by atoms with Crippen LogP contribution in [0, 0.1) is 0 Å². The minimum absolute atomic E-state index is 0.00722. The highest BCUT2D eigenvalue weighted by molar-refractivity contribution is 5.91. The normalized spacial score (nSPS) is 15.3. The van der Waals surface area contributed by atoms with E-state index in [2.05, 4.69) is 22.6 Å². The summed E-state index contributed by atoms with van der Waals surface area (Å²) in [6.07, 6.45) is 1.68. The summed E-state index contributed by atoms with van der Waals surface area (Å²) < 4.78 is 0. The van der Waals surface area contributed by atoms with Gasteiger partial charge >= 0.3 is 0 Å². The third kappa shape index (κ3) is 5.94. The molecule has 0 atom stereocenters. The van der Waals surface area contributed by atoms with E-state index in [-0.39, 0.29) is 11.8 Å². The quantitative estimate of drug-likeness (QED) is 0.730. The number of nitrogens with one attached hydrogen (secondary N) is 2. The fourth-order valence-electron chi connectivity index (χ4n) is 2.75. The summed E-state index contributed by atoms with van der Waals surface area (Å²) in [5.41, 5.74) is 1.69. The number of anilines is 1. The first kappa shape index (κ1) is 18.4. The molecule has 1 fully saturated rings. The topological polar surface area (TPSA) is 64.7 Å². The number of benzene rings is 1. The van der Waals surface area contributed by atoms with Crippen molar-refractivity contribution in [3.63, 3.8) is 0 Å². The van der Waals surface area contributed by atoms with Crippen molar-refractivity contribution in [2.45, 2.75) is 19.3 Å². The summed E-state index contributed by atoms with van der Waals surface area (Å²) in [5.74, 6) is 0.161. The van der Waals surface area contributed by atoms with Crippen molar-refractivity contribution in [2.24, 2.45) is 0 Å². The molecule has 6 nitrogen and oxygen atoms in total. The van der Waals surface area contributed by atoms with E-state index < -0.39 is 0 Å². The van der Waals surface area contributed by atoms with Gasteiger partial charge < -0.3 is 20.4 Å². The van der Waals surface area contributed by atoms with Crippen molar-refractivity contribution in [2.75, 3.05) is 52.1 Å². The van der Waals surface area contributed by atoms with Crippen LogP contribution in [-0.4, -0.2) is 68.4 Å². The van der Waals surface area contributed by atoms with Crippen LogP contribution in [0.1, 0.15) is 18.4 Å². The SMILES string of the molecule is CNCCCC(=O)Nc1cccc(CC(=O)N2CCN(C)CC2)c1. The molecule has 2 rings (SSSR count). The highest BCUT2D eigenvalue weighted by atomic mass is 16.2. The summed E-state index contributed by atoms with van der Waals surface area (Å²) >= 11 is 0. The smallest absolute Gasteiger partial charge is 0.227 e. The van der Waals surface area contributed by atoms with Crippen molar-refractivity contribution in [1.29, 1.82) is 0 Å². The van der Waals surface area contributed by atoms with Gasteiger partial charge in [-0.15, -0.1) is 0 Å². The van der Waals surface area contributed by atoms with Crippen LogP contribution < -0.4 is 10.6 Å². The second-order valence-corrected chi connectivity index (χ2v) is 6.32. The number of hydrogen-bond acceptors (Lipinski definition) is 4. The lowest BCUT2D eigenvalue weighted by Gasteiger charge is -2.32. The Morgan fingerprint density at radius 3 is 2.62 bits per heavy atom. The van der Waals surface area contributed by atoms with Gasteiger partial charge in [0.1, 0.15) is 0 Å². The van der Waals surface area contributed by atoms with E-state index in [9.17, 15) is 9.59 Å². The van der Waals surface area contributed by atoms with Gasteiger partial charge in [0.2, 0.25) is 11.8 Å². The van der Waals surface area contributed by atoms with Gasteiger partial charge in [0.15, 0.2) is 0 Å². The van der Waals surface area contributed by atoms with Gasteiger partial charge in [-0.25, -0.2) is 0 Å². The van der Waals surface area contributed by atoms with Crippen LogP contribution >= 0.6 is 0 Å². The summed E-state index contributed by atoms with van der Waals surface area (Å²) in [6.45, 7) is 4.25. The van der Waals surface area contributed by atoms with Gasteiger partial charge in [-0.3, -0.25) is 9.59 Å². The van der Waals surface area contributed by atoms with E-state index >= 15 is 0 Å². The minimum atomic E-state index is 0.00722. The predicted molar refractivity (Wildman–Crippen MR) is 96.0 cm³/mol. The van der Waals surface area contributed by atoms with Gasteiger partial charge in [0, 0.05) is 38.3 Å². The Balaban J connectivity index is 1.85. The van der Waals surface area contributed by atoms with Gasteiger partial charge in [0.25, 0.3) is 0 Å². The second-order valence-electron chi connectivity index (χ2n) is 6.32. The molecule has 1 aromatic rings. The van der Waals surface area contributed by atoms with Gasteiger partial charge in [-0.2, -0.15) is 0 Å². The van der Waals surface area contributed by atoms with Gasteiger partial charge in [-0.1, -0.05) is 12.1 Å². The molecule has 1 aliphatic heterocycles. The Bertz CT molecular complexity index is 554. The van der Waals surface area contributed by atoms with E-state index in [1.54, 1.807) is 0 Å². The Morgan fingerprint density at radius 1 is 1.17 bits per heavy atom. The molecule has 0 saturated carbocycles. The predicted octanol–water partition coefficient (Wildman–Crippen LogP) is 0.941. The lowest BCUT2D eigenvalue weighted by molar-refractivity contribution is -0.132. The van der Waals surface area contributed by atoms with Crippen molar-refractivity contribution >= 4 is 17.5 Å². The number of rotatable bonds is 7. The lowest BCUT2D eigenvalue weighted by Crippen LogP contribution is -2.47. The summed E-state index contributed by atoms with van der Waals surface area (Å²) in [5, 5.41) is 5.93. The van der Waals surface area contributed by atoms with E-state index in [1.165, 1.54) is 0 Å². The average Bonchev–Trinajstić information content (AvgIpc) is 2.56. The second kappa shape index (κ2) is 9.39. The summed E-state index contributed by atoms with van der Waals surface area (Å²) in [7, 11) is 3.95. The molecular weight excluding hydrogens is 304 g/mol. The molecule has 1 heterocycles. The van der Waals surface area contributed by atoms with Crippen LogP contribution in [-0.2, 0) is 16.0 Å². The fraction of sp³-hybridized carbons (Fsp3) is 0.556. The molecule has 1 saturated heterocycles. The number of carbonyl (C=O) groups excluding carboxylic acids is 2. The molecule has 0 bridgehead atoms. The third-order valence-corrected chi connectivity index (χ3v) is 4.25. The molecule has 0 aliphatic carbocycles. The maximum absolute atomic E-state index is 12.4. The summed E-state index contributed by atoms with van der Waals surface area (Å²) in [4.78, 5) is 28.4. The van der Waals surface area contributed by atoms with Crippen molar-refractivity contribution < 1.29 is 9.59 Å². The first-order chi connectivity index (χ1) is 11.6. The molecule has 2 N–H and O–H groups in total. The van der Waals surface area contributed by atoms with Crippen LogP contribution in [0.25, 0.3) is 0 Å². The standard InChI is InChI=1S/C18H28N4O2/c1-19-8-4-7-17(23)20-16-6-3-5-15(13-16)14-18(24)22-11-9-21(2)10-12-22/h3,5-6,13,19H,4,7-12,14H2,1-2H3,(H,20,23). The molecule has 2 amide bonds. The van der Waals surface area contributed by atoms with Crippen LogP contribution in [0.3, 0.4) is 0 Å². The van der Waals surface area contributed by atoms with E-state index in [0.717, 1.165) is 50.4 Å². The number of likely N-dealkylation sites (N-methyl/N-ethyl adjacent to an activating group) is 1. The maximum atomic E-state index is 12.4. The molecule has 0 aromatic heterocycles. The zero-order valence-electron chi connectivity index (χ0n) is 14.7. The number of piperazine rings is 1. The van der Waals surface area contributed by atoms with E-state index in [4.69, 9.17) is 0 Å². The highest BCUT2D eigenvalue weighted by Crippen LogP contribution is 2.13. The van der Waals surface area contributed by atoms with Crippen LogP contribution in [0.2, 0.25) is 0 Å². The average molecular weight is 332 g/mol. The monoisotopic (exact) mass is 332 g/mol. The zero-order valence-corrected chi connectivity index (χ0v) is 14.7. The fourth-order valence-corrected chi connectivity index (χ4v) is 2.75. The van der Waals surface area contributed by atoms with Crippen LogP contribution in [0.5, 0.6) is 0 Å². The van der Waals surface area contributed by atoms with Crippen LogP contribution in [0.4, 0.5) is 5.69 Å². The zero-order chi connectivity index (χ0) is 17.4. The van der Waals surface area contributed by atoms with Gasteiger partial charge in [-0.05, 0) is 44.8 Å². The highest BCUT2D eigenvalue weighted by Gasteiger charge is 2.19. The van der Waals surface area contributed by atoms with Crippen molar-refractivity contribution in [3.05, 3.63) is 29.8 Å². The first-order valence-electron chi connectivity index (χ1n) is 8.58. The molecule has 0 radical (unpaired) electrons. The Kier molecular flexibility index (Phi) is 7.21. The Labute approximate surface area is 144 Å². The van der Waals surface area contributed by atoms with Crippen molar-refractivity contribution in [3.8, 4) is 0 Å². The third-order valence-electron chi connectivity index (χ3n) is 4.25. The molecule has 1 aromatic carbocycles. The number of amides is 2. The number of nitrogens with zero attached hydrogens (tertiary/aromatic N) is 2. The first-order valence-corrected chi connectivity index (χ1v) is 8.58. The number of carbonyl (C=O) groups is 2. The Hall–Kier alpha value is -1.92. The maximum Gasteiger partial charge on any atom is 0.227 e. The summed E-state index contributed by atoms with van der Waals surface area (Å²) in [6, 6.07) is 7.57. The minimum Gasteiger partial charge on any atom is -0.340 e. The number of hydrogen-bond donors (Lipinski definition) is 2. The van der Waals surface area contributed by atoms with Crippen LogP contribution in [0.15, 0.2) is 24.3 Å². The lowest BCUT2D eigenvalue weighted by atomic mass is 10.1. The van der Waals surface area contributed by atoms with Gasteiger partial charge in [0.05, 0.1) is 6.42 Å². The van der Waals surface area contributed by atoms with E-state index in [1.807, 2.05) is 36.2 Å². The Morgan fingerprint density at radius 2 is 1.92 bits per heavy atom. The largest absolute Gasteiger partial charge is 0.340 e. The molecule has 24 heavy (non-hydrogen) atoms. The van der Waals surface area contributed by atoms with Crippen molar-refractivity contribution in [1.82, 2.24) is 15.1 Å². The molecule has 1 aliphatic rings. The molecule has 0 unspecified atom stereocenters. The molecule has 132 valence electrons. The molecule has 0 spiro atoms. The van der Waals surface area contributed by atoms with E-state index in [0.29, 0.717) is 12.8 Å². The molecule has 6 heteroatoms.